The zero-order valence-electron chi connectivity index (χ0n) is 12.3. The lowest BCUT2D eigenvalue weighted by atomic mass is 10.1. The van der Waals surface area contributed by atoms with Crippen LogP contribution >= 0.6 is 11.6 Å². The summed E-state index contributed by atoms with van der Waals surface area (Å²) in [6.07, 6.45) is 1.70. The van der Waals surface area contributed by atoms with Crippen molar-refractivity contribution in [3.05, 3.63) is 70.8 Å². The van der Waals surface area contributed by atoms with Gasteiger partial charge in [-0.1, -0.05) is 48.0 Å². The zero-order chi connectivity index (χ0) is 15.8. The fourth-order valence-electron chi connectivity index (χ4n) is 1.84. The molecule has 0 fully saturated rings. The average molecular weight is 317 g/mol. The number of benzene rings is 2. The van der Waals surface area contributed by atoms with Gasteiger partial charge in [0.1, 0.15) is 12.4 Å². The minimum Gasteiger partial charge on any atom is -0.489 e. The number of hydrogen-bond donors (Lipinski definition) is 0. The Morgan fingerprint density at radius 3 is 2.45 bits per heavy atom. The Kier molecular flexibility index (Phi) is 6.04. The van der Waals surface area contributed by atoms with Crippen LogP contribution in [0.5, 0.6) is 5.75 Å². The molecule has 0 saturated carbocycles. The summed E-state index contributed by atoms with van der Waals surface area (Å²) in [5.74, 6) is 0.287. The van der Waals surface area contributed by atoms with Gasteiger partial charge in [0.2, 0.25) is 0 Å². The van der Waals surface area contributed by atoms with Crippen molar-refractivity contribution < 1.29 is 14.3 Å². The van der Waals surface area contributed by atoms with Crippen LogP contribution in [-0.2, 0) is 9.53 Å². The van der Waals surface area contributed by atoms with Crippen LogP contribution in [0.1, 0.15) is 12.5 Å². The fourth-order valence-corrected chi connectivity index (χ4v) is 2.03. The average Bonchev–Trinajstić information content (AvgIpc) is 2.54. The van der Waals surface area contributed by atoms with Gasteiger partial charge in [-0.3, -0.25) is 0 Å². The molecule has 0 aliphatic carbocycles. The van der Waals surface area contributed by atoms with Gasteiger partial charge in [0, 0.05) is 5.02 Å². The Morgan fingerprint density at radius 2 is 1.77 bits per heavy atom. The molecule has 22 heavy (non-hydrogen) atoms. The summed E-state index contributed by atoms with van der Waals surface area (Å²) in [7, 11) is 0. The van der Waals surface area contributed by atoms with Crippen molar-refractivity contribution in [2.45, 2.75) is 6.92 Å². The molecule has 4 heteroatoms. The number of carbonyl (C=O) groups is 1. The topological polar surface area (TPSA) is 35.5 Å². The summed E-state index contributed by atoms with van der Waals surface area (Å²) < 4.78 is 10.7. The normalized spacial score (nSPS) is 11.1. The SMILES string of the molecule is CCOC(=O)/C(=C/c1ccccc1Cl)COc1ccccc1. The first kappa shape index (κ1) is 16.1. The van der Waals surface area contributed by atoms with E-state index < -0.39 is 5.97 Å². The van der Waals surface area contributed by atoms with Crippen molar-refractivity contribution in [3.8, 4) is 5.75 Å². The number of para-hydroxylation sites is 1. The van der Waals surface area contributed by atoms with E-state index in [0.717, 1.165) is 5.56 Å². The maximum atomic E-state index is 12.1. The largest absolute Gasteiger partial charge is 0.489 e. The summed E-state index contributed by atoms with van der Waals surface area (Å²) in [5.41, 5.74) is 1.17. The van der Waals surface area contributed by atoms with Crippen LogP contribution in [-0.4, -0.2) is 19.2 Å². The maximum Gasteiger partial charge on any atom is 0.337 e. The number of esters is 1. The van der Waals surface area contributed by atoms with Gasteiger partial charge in [-0.2, -0.15) is 0 Å². The maximum absolute atomic E-state index is 12.1. The van der Waals surface area contributed by atoms with Crippen molar-refractivity contribution >= 4 is 23.6 Å². The molecule has 0 unspecified atom stereocenters. The third kappa shape index (κ3) is 4.64. The molecule has 0 N–H and O–H groups in total. The van der Waals surface area contributed by atoms with Crippen LogP contribution in [0.4, 0.5) is 0 Å². The first-order chi connectivity index (χ1) is 10.7. The second-order valence-corrected chi connectivity index (χ2v) is 4.92. The molecular weight excluding hydrogens is 300 g/mol. The number of halogens is 1. The molecule has 0 aromatic heterocycles. The van der Waals surface area contributed by atoms with Crippen LogP contribution < -0.4 is 4.74 Å². The van der Waals surface area contributed by atoms with Crippen LogP contribution in [0.25, 0.3) is 6.08 Å². The predicted octanol–water partition coefficient (Wildman–Crippen LogP) is 4.37. The van der Waals surface area contributed by atoms with Crippen molar-refractivity contribution in [2.75, 3.05) is 13.2 Å². The highest BCUT2D eigenvalue weighted by Gasteiger charge is 2.12. The van der Waals surface area contributed by atoms with Gasteiger partial charge in [0.05, 0.1) is 12.2 Å². The molecule has 0 aliphatic heterocycles. The standard InChI is InChI=1S/C18H17ClO3/c1-2-21-18(20)15(12-14-8-6-7-11-17(14)19)13-22-16-9-4-3-5-10-16/h3-12H,2,13H2,1H3/b15-12+. The van der Waals surface area contributed by atoms with Gasteiger partial charge in [0.15, 0.2) is 0 Å². The quantitative estimate of drug-likeness (QED) is 0.586. The smallest absolute Gasteiger partial charge is 0.337 e. The number of hydrogen-bond acceptors (Lipinski definition) is 3. The molecule has 0 spiro atoms. The predicted molar refractivity (Wildman–Crippen MR) is 88.0 cm³/mol. The van der Waals surface area contributed by atoms with E-state index in [9.17, 15) is 4.79 Å². The van der Waals surface area contributed by atoms with Crippen LogP contribution in [0.3, 0.4) is 0 Å². The molecule has 0 saturated heterocycles. The highest BCUT2D eigenvalue weighted by atomic mass is 35.5. The summed E-state index contributed by atoms with van der Waals surface area (Å²) >= 11 is 6.13. The lowest BCUT2D eigenvalue weighted by molar-refractivity contribution is -0.138. The first-order valence-electron chi connectivity index (χ1n) is 7.00. The molecule has 0 bridgehead atoms. The minimum atomic E-state index is -0.404. The van der Waals surface area contributed by atoms with Crippen molar-refractivity contribution in [2.24, 2.45) is 0 Å². The molecule has 0 aliphatic rings. The van der Waals surface area contributed by atoms with E-state index in [1.54, 1.807) is 19.1 Å². The Hall–Kier alpha value is -2.26. The van der Waals surface area contributed by atoms with Crippen LogP contribution in [0.2, 0.25) is 5.02 Å². The minimum absolute atomic E-state index is 0.119. The van der Waals surface area contributed by atoms with Gasteiger partial charge >= 0.3 is 5.97 Å². The molecule has 3 nitrogen and oxygen atoms in total. The Balaban J connectivity index is 2.19. The van der Waals surface area contributed by atoms with Gasteiger partial charge in [-0.05, 0) is 36.8 Å². The fraction of sp³-hybridized carbons (Fsp3) is 0.167. The van der Waals surface area contributed by atoms with E-state index in [-0.39, 0.29) is 6.61 Å². The highest BCUT2D eigenvalue weighted by molar-refractivity contribution is 6.32. The summed E-state index contributed by atoms with van der Waals surface area (Å²) in [6.45, 7) is 2.20. The molecule has 2 aromatic rings. The molecule has 2 rings (SSSR count). The third-order valence-corrected chi connectivity index (χ3v) is 3.25. The molecule has 114 valence electrons. The number of rotatable bonds is 6. The van der Waals surface area contributed by atoms with E-state index in [4.69, 9.17) is 21.1 Å². The first-order valence-corrected chi connectivity index (χ1v) is 7.38. The molecule has 0 amide bonds. The van der Waals surface area contributed by atoms with Gasteiger partial charge in [0.25, 0.3) is 0 Å². The number of carbonyl (C=O) groups excluding carboxylic acids is 1. The van der Waals surface area contributed by atoms with E-state index in [2.05, 4.69) is 0 Å². The number of ether oxygens (including phenoxy) is 2. The van der Waals surface area contributed by atoms with E-state index >= 15 is 0 Å². The summed E-state index contributed by atoms with van der Waals surface area (Å²) in [5, 5.41) is 0.573. The second kappa shape index (κ2) is 8.25. The van der Waals surface area contributed by atoms with Gasteiger partial charge < -0.3 is 9.47 Å². The molecular formula is C18H17ClO3. The van der Waals surface area contributed by atoms with Crippen LogP contribution in [0, 0.1) is 0 Å². The third-order valence-electron chi connectivity index (χ3n) is 2.91. The van der Waals surface area contributed by atoms with E-state index in [1.165, 1.54) is 0 Å². The highest BCUT2D eigenvalue weighted by Crippen LogP contribution is 2.19. The molecule has 0 radical (unpaired) electrons. The Bertz CT molecular complexity index is 650. The van der Waals surface area contributed by atoms with E-state index in [1.807, 2.05) is 48.5 Å². The monoisotopic (exact) mass is 316 g/mol. The van der Waals surface area contributed by atoms with Crippen LogP contribution in [0.15, 0.2) is 60.2 Å². The van der Waals surface area contributed by atoms with Crippen molar-refractivity contribution in [3.63, 3.8) is 0 Å². The van der Waals surface area contributed by atoms with Crippen molar-refractivity contribution in [1.82, 2.24) is 0 Å². The molecule has 0 atom stereocenters. The van der Waals surface area contributed by atoms with Gasteiger partial charge in [-0.15, -0.1) is 0 Å². The van der Waals surface area contributed by atoms with E-state index in [0.29, 0.717) is 23.0 Å². The summed E-state index contributed by atoms with van der Waals surface area (Å²) in [4.78, 5) is 12.1. The Labute approximate surface area is 135 Å². The second-order valence-electron chi connectivity index (χ2n) is 4.51. The molecule has 0 heterocycles. The lowest BCUT2D eigenvalue weighted by Crippen LogP contribution is -2.14. The van der Waals surface area contributed by atoms with Crippen molar-refractivity contribution in [1.29, 1.82) is 0 Å². The lowest BCUT2D eigenvalue weighted by Gasteiger charge is -2.10. The zero-order valence-corrected chi connectivity index (χ0v) is 13.0. The van der Waals surface area contributed by atoms with Gasteiger partial charge in [-0.25, -0.2) is 4.79 Å². The molecule has 2 aromatic carbocycles. The summed E-state index contributed by atoms with van der Waals surface area (Å²) in [6, 6.07) is 16.6. The Morgan fingerprint density at radius 1 is 1.09 bits per heavy atom.